The van der Waals surface area contributed by atoms with E-state index in [4.69, 9.17) is 21.1 Å². The fraction of sp³-hybridized carbons (Fsp3) is 0.125. The van der Waals surface area contributed by atoms with Gasteiger partial charge in [0.15, 0.2) is 0 Å². The van der Waals surface area contributed by atoms with Crippen LogP contribution in [0.25, 0.3) is 0 Å². The molecule has 0 aromatic heterocycles. The number of methoxy groups -OCH3 is 1. The van der Waals surface area contributed by atoms with Gasteiger partial charge in [-0.05, 0) is 73.2 Å². The van der Waals surface area contributed by atoms with Gasteiger partial charge < -0.3 is 14.8 Å². The number of nitrogens with one attached hydrogen (secondary N) is 2. The molecule has 170 valence electrons. The minimum absolute atomic E-state index is 0.0166. The van der Waals surface area contributed by atoms with Gasteiger partial charge in [0.05, 0.1) is 17.8 Å². The lowest BCUT2D eigenvalue weighted by Crippen LogP contribution is -2.32. The van der Waals surface area contributed by atoms with E-state index in [9.17, 15) is 14.0 Å². The number of hydrogen-bond acceptors (Lipinski definition) is 5. The van der Waals surface area contributed by atoms with Crippen LogP contribution in [0, 0.1) is 5.82 Å². The quantitative estimate of drug-likeness (QED) is 0.302. The summed E-state index contributed by atoms with van der Waals surface area (Å²) in [4.78, 5) is 24.0. The highest BCUT2D eigenvalue weighted by atomic mass is 35.5. The monoisotopic (exact) mass is 469 g/mol. The Labute approximate surface area is 195 Å². The highest BCUT2D eigenvalue weighted by Gasteiger charge is 2.13. The first-order valence-electron chi connectivity index (χ1n) is 9.83. The van der Waals surface area contributed by atoms with E-state index in [0.717, 1.165) is 0 Å². The predicted molar refractivity (Wildman–Crippen MR) is 124 cm³/mol. The van der Waals surface area contributed by atoms with Crippen LogP contribution < -0.4 is 20.2 Å². The Morgan fingerprint density at radius 3 is 2.27 bits per heavy atom. The number of nitrogens with zero attached hydrogens (tertiary/aromatic N) is 1. The number of benzene rings is 3. The number of ether oxygens (including phenoxy) is 2. The largest absolute Gasteiger partial charge is 0.497 e. The van der Waals surface area contributed by atoms with Crippen molar-refractivity contribution >= 4 is 34.8 Å². The van der Waals surface area contributed by atoms with Crippen LogP contribution in [-0.4, -0.2) is 24.6 Å². The average Bonchev–Trinajstić information content (AvgIpc) is 2.82. The first kappa shape index (κ1) is 23.7. The van der Waals surface area contributed by atoms with Gasteiger partial charge in [0.1, 0.15) is 23.9 Å². The zero-order chi connectivity index (χ0) is 23.8. The van der Waals surface area contributed by atoms with Gasteiger partial charge in [-0.1, -0.05) is 17.7 Å². The zero-order valence-electron chi connectivity index (χ0n) is 17.9. The van der Waals surface area contributed by atoms with E-state index in [1.807, 2.05) is 0 Å². The van der Waals surface area contributed by atoms with Crippen LogP contribution in [0.4, 0.5) is 10.1 Å². The lowest BCUT2D eigenvalue weighted by Gasteiger charge is -2.09. The van der Waals surface area contributed by atoms with Crippen molar-refractivity contribution in [1.82, 2.24) is 5.43 Å². The van der Waals surface area contributed by atoms with Crippen LogP contribution >= 0.6 is 11.6 Å². The van der Waals surface area contributed by atoms with E-state index in [-0.39, 0.29) is 12.2 Å². The lowest BCUT2D eigenvalue weighted by atomic mass is 10.1. The number of anilines is 1. The summed E-state index contributed by atoms with van der Waals surface area (Å²) < 4.78 is 24.5. The first-order valence-corrected chi connectivity index (χ1v) is 10.2. The summed E-state index contributed by atoms with van der Waals surface area (Å²) in [5, 5.41) is 6.72. The van der Waals surface area contributed by atoms with E-state index < -0.39 is 17.6 Å². The standard InChI is InChI=1S/C24H21ClFN3O4/c1-15(28-29-24(31)23(30)27-17-8-12-18(32-2)13-9-17)16-6-10-19(11-7-16)33-14-20-21(25)4-3-5-22(20)26/h3-13H,14H2,1-2H3,(H,27,30)(H,29,31). The van der Waals surface area contributed by atoms with Gasteiger partial charge in [0, 0.05) is 11.3 Å². The van der Waals surface area contributed by atoms with Gasteiger partial charge in [0.2, 0.25) is 0 Å². The molecule has 0 fully saturated rings. The highest BCUT2D eigenvalue weighted by molar-refractivity contribution is 6.39. The number of hydrazone groups is 1. The third-order valence-electron chi connectivity index (χ3n) is 4.60. The van der Waals surface area contributed by atoms with Crippen molar-refractivity contribution in [3.63, 3.8) is 0 Å². The highest BCUT2D eigenvalue weighted by Crippen LogP contribution is 2.22. The second-order valence-electron chi connectivity index (χ2n) is 6.83. The molecule has 33 heavy (non-hydrogen) atoms. The Morgan fingerprint density at radius 2 is 1.64 bits per heavy atom. The number of hydrogen-bond donors (Lipinski definition) is 2. The third-order valence-corrected chi connectivity index (χ3v) is 4.95. The molecule has 0 heterocycles. The van der Waals surface area contributed by atoms with Crippen LogP contribution in [0.15, 0.2) is 71.8 Å². The second kappa shape index (κ2) is 11.1. The molecule has 0 saturated carbocycles. The molecule has 3 aromatic rings. The molecule has 0 aliphatic heterocycles. The molecule has 9 heteroatoms. The fourth-order valence-corrected chi connectivity index (χ4v) is 2.95. The van der Waals surface area contributed by atoms with E-state index >= 15 is 0 Å². The molecule has 0 aliphatic rings. The molecule has 0 saturated heterocycles. The summed E-state index contributed by atoms with van der Waals surface area (Å²) in [6.07, 6.45) is 0. The Balaban J connectivity index is 1.54. The van der Waals surface area contributed by atoms with Crippen LogP contribution in [0.3, 0.4) is 0 Å². The van der Waals surface area contributed by atoms with Crippen molar-refractivity contribution in [2.75, 3.05) is 12.4 Å². The molecule has 0 bridgehead atoms. The van der Waals surface area contributed by atoms with Crippen LogP contribution in [0.2, 0.25) is 5.02 Å². The maximum absolute atomic E-state index is 13.8. The first-order chi connectivity index (χ1) is 15.9. The van der Waals surface area contributed by atoms with E-state index in [1.165, 1.54) is 19.2 Å². The molecule has 7 nitrogen and oxygen atoms in total. The summed E-state index contributed by atoms with van der Waals surface area (Å²) in [5.74, 6) is -1.06. The summed E-state index contributed by atoms with van der Waals surface area (Å²) in [7, 11) is 1.53. The molecule has 2 N–H and O–H groups in total. The topological polar surface area (TPSA) is 89.0 Å². The van der Waals surface area contributed by atoms with Crippen molar-refractivity contribution in [2.24, 2.45) is 5.10 Å². The minimum atomic E-state index is -0.910. The number of carbonyl (C=O) groups is 2. The van der Waals surface area contributed by atoms with E-state index in [1.54, 1.807) is 61.5 Å². The summed E-state index contributed by atoms with van der Waals surface area (Å²) in [6, 6.07) is 17.8. The number of rotatable bonds is 7. The van der Waals surface area contributed by atoms with Crippen molar-refractivity contribution in [3.8, 4) is 11.5 Å². The summed E-state index contributed by atoms with van der Waals surface area (Å²) in [6.45, 7) is 1.66. The molecule has 0 spiro atoms. The number of carbonyl (C=O) groups excluding carboxylic acids is 2. The van der Waals surface area contributed by atoms with Crippen LogP contribution in [0.5, 0.6) is 11.5 Å². The summed E-state index contributed by atoms with van der Waals surface area (Å²) in [5.41, 5.74) is 4.12. The molecule has 0 atom stereocenters. The van der Waals surface area contributed by atoms with Gasteiger partial charge in [-0.3, -0.25) is 9.59 Å². The smallest absolute Gasteiger partial charge is 0.329 e. The number of halogens is 2. The van der Waals surface area contributed by atoms with Gasteiger partial charge >= 0.3 is 11.8 Å². The molecular weight excluding hydrogens is 449 g/mol. The predicted octanol–water partition coefficient (Wildman–Crippen LogP) is 4.55. The fourth-order valence-electron chi connectivity index (χ4n) is 2.73. The molecule has 3 rings (SSSR count). The molecule has 0 aliphatic carbocycles. The van der Waals surface area contributed by atoms with Crippen molar-refractivity contribution < 1.29 is 23.5 Å². The molecule has 2 amide bonds. The van der Waals surface area contributed by atoms with Gasteiger partial charge in [-0.25, -0.2) is 9.82 Å². The molecule has 0 radical (unpaired) electrons. The Hall–Kier alpha value is -3.91. The van der Waals surface area contributed by atoms with Gasteiger partial charge in [-0.2, -0.15) is 5.10 Å². The zero-order valence-corrected chi connectivity index (χ0v) is 18.7. The molecule has 0 unspecified atom stereocenters. The lowest BCUT2D eigenvalue weighted by molar-refractivity contribution is -0.136. The molecule has 3 aromatic carbocycles. The van der Waals surface area contributed by atoms with Crippen molar-refractivity contribution in [2.45, 2.75) is 13.5 Å². The Kier molecular flexibility index (Phi) is 7.99. The van der Waals surface area contributed by atoms with Crippen LogP contribution in [-0.2, 0) is 16.2 Å². The second-order valence-corrected chi connectivity index (χ2v) is 7.24. The maximum Gasteiger partial charge on any atom is 0.329 e. The van der Waals surface area contributed by atoms with Crippen molar-refractivity contribution in [1.29, 1.82) is 0 Å². The Bertz CT molecular complexity index is 1150. The molecular formula is C24H21ClFN3O4. The third kappa shape index (κ3) is 6.54. The van der Waals surface area contributed by atoms with Gasteiger partial charge in [0.25, 0.3) is 0 Å². The average molecular weight is 470 g/mol. The van der Waals surface area contributed by atoms with E-state index in [0.29, 0.717) is 33.5 Å². The number of amides is 2. The van der Waals surface area contributed by atoms with Crippen LogP contribution in [0.1, 0.15) is 18.1 Å². The van der Waals surface area contributed by atoms with Crippen molar-refractivity contribution in [3.05, 3.63) is 88.7 Å². The SMILES string of the molecule is COc1ccc(NC(=O)C(=O)NN=C(C)c2ccc(OCc3c(F)cccc3Cl)cc2)cc1. The normalized spacial score (nSPS) is 11.0. The summed E-state index contributed by atoms with van der Waals surface area (Å²) >= 11 is 6.00. The minimum Gasteiger partial charge on any atom is -0.497 e. The Morgan fingerprint density at radius 1 is 0.970 bits per heavy atom. The maximum atomic E-state index is 13.8. The van der Waals surface area contributed by atoms with E-state index in [2.05, 4.69) is 15.8 Å². The van der Waals surface area contributed by atoms with Gasteiger partial charge in [-0.15, -0.1) is 0 Å².